The van der Waals surface area contributed by atoms with Gasteiger partial charge in [-0.1, -0.05) is 0 Å². The highest BCUT2D eigenvalue weighted by atomic mass is 32.1. The molecular formula is C5H9N3S. The van der Waals surface area contributed by atoms with E-state index in [-0.39, 0.29) is 0 Å². The van der Waals surface area contributed by atoms with Crippen LogP contribution in [0.3, 0.4) is 0 Å². The summed E-state index contributed by atoms with van der Waals surface area (Å²) < 4.78 is 1.81. The highest BCUT2D eigenvalue weighted by Crippen LogP contribution is 2.05. The molecule has 0 aliphatic heterocycles. The van der Waals surface area contributed by atoms with E-state index in [1.807, 2.05) is 11.6 Å². The SMILES string of the molecule is Cn1c(CS)cnc1N. The molecule has 0 bridgehead atoms. The van der Waals surface area contributed by atoms with Gasteiger partial charge in [0, 0.05) is 18.5 Å². The third-order valence-electron chi connectivity index (χ3n) is 1.28. The van der Waals surface area contributed by atoms with Gasteiger partial charge in [-0.05, 0) is 0 Å². The van der Waals surface area contributed by atoms with Gasteiger partial charge in [-0.3, -0.25) is 0 Å². The first-order valence-electron chi connectivity index (χ1n) is 2.62. The van der Waals surface area contributed by atoms with E-state index in [1.54, 1.807) is 6.20 Å². The Morgan fingerprint density at radius 2 is 2.56 bits per heavy atom. The molecule has 50 valence electrons. The molecule has 0 amide bonds. The van der Waals surface area contributed by atoms with Gasteiger partial charge in [0.05, 0.1) is 6.20 Å². The smallest absolute Gasteiger partial charge is 0.200 e. The molecule has 1 rings (SSSR count). The van der Waals surface area contributed by atoms with E-state index in [0.29, 0.717) is 11.7 Å². The van der Waals surface area contributed by atoms with E-state index in [1.165, 1.54) is 0 Å². The number of hydrogen-bond acceptors (Lipinski definition) is 3. The van der Waals surface area contributed by atoms with Crippen LogP contribution in [-0.2, 0) is 12.8 Å². The minimum Gasteiger partial charge on any atom is -0.369 e. The van der Waals surface area contributed by atoms with Crippen molar-refractivity contribution in [2.45, 2.75) is 5.75 Å². The van der Waals surface area contributed by atoms with Gasteiger partial charge >= 0.3 is 0 Å². The third-order valence-corrected chi connectivity index (χ3v) is 1.61. The minimum atomic E-state index is 0.541. The highest BCUT2D eigenvalue weighted by Gasteiger charge is 1.98. The molecule has 0 saturated heterocycles. The van der Waals surface area contributed by atoms with Gasteiger partial charge in [0.25, 0.3) is 0 Å². The van der Waals surface area contributed by atoms with Crippen molar-refractivity contribution in [3.63, 3.8) is 0 Å². The third kappa shape index (κ3) is 1.03. The molecule has 9 heavy (non-hydrogen) atoms. The lowest BCUT2D eigenvalue weighted by Gasteiger charge is -1.96. The molecule has 0 fully saturated rings. The fraction of sp³-hybridized carbons (Fsp3) is 0.400. The van der Waals surface area contributed by atoms with Crippen LogP contribution in [0.5, 0.6) is 0 Å². The Kier molecular flexibility index (Phi) is 1.66. The van der Waals surface area contributed by atoms with Crippen LogP contribution in [0.2, 0.25) is 0 Å². The molecule has 0 unspecified atom stereocenters. The van der Waals surface area contributed by atoms with Gasteiger partial charge in [0.15, 0.2) is 5.95 Å². The first-order valence-corrected chi connectivity index (χ1v) is 3.26. The summed E-state index contributed by atoms with van der Waals surface area (Å²) in [6.07, 6.45) is 1.72. The number of imidazole rings is 1. The minimum absolute atomic E-state index is 0.541. The fourth-order valence-corrected chi connectivity index (χ4v) is 0.902. The topological polar surface area (TPSA) is 43.8 Å². The molecule has 2 N–H and O–H groups in total. The summed E-state index contributed by atoms with van der Waals surface area (Å²) in [7, 11) is 1.87. The molecule has 0 aliphatic carbocycles. The van der Waals surface area contributed by atoms with Gasteiger partial charge in [-0.25, -0.2) is 4.98 Å². The molecule has 0 saturated carbocycles. The number of anilines is 1. The van der Waals surface area contributed by atoms with Crippen molar-refractivity contribution in [1.82, 2.24) is 9.55 Å². The molecule has 0 spiro atoms. The second kappa shape index (κ2) is 2.31. The summed E-state index contributed by atoms with van der Waals surface area (Å²) in [6.45, 7) is 0. The molecule has 4 heteroatoms. The van der Waals surface area contributed by atoms with Crippen molar-refractivity contribution in [2.75, 3.05) is 5.73 Å². The number of rotatable bonds is 1. The molecule has 0 aromatic carbocycles. The molecule has 0 aliphatic rings. The Bertz CT molecular complexity index is 206. The Labute approximate surface area is 59.3 Å². The first kappa shape index (κ1) is 6.48. The number of nitrogen functional groups attached to an aromatic ring is 1. The first-order chi connectivity index (χ1) is 4.25. The Morgan fingerprint density at radius 3 is 2.78 bits per heavy atom. The molecule has 1 aromatic heterocycles. The predicted octanol–water partition coefficient (Wildman–Crippen LogP) is 0.432. The van der Waals surface area contributed by atoms with Crippen LogP contribution in [-0.4, -0.2) is 9.55 Å². The van der Waals surface area contributed by atoms with Crippen LogP contribution in [0.25, 0.3) is 0 Å². The summed E-state index contributed by atoms with van der Waals surface area (Å²) in [5.41, 5.74) is 6.47. The van der Waals surface area contributed by atoms with E-state index >= 15 is 0 Å². The average Bonchev–Trinajstić information content (AvgIpc) is 2.15. The van der Waals surface area contributed by atoms with Crippen LogP contribution < -0.4 is 5.73 Å². The molecule has 0 radical (unpaired) electrons. The zero-order valence-corrected chi connectivity index (χ0v) is 6.10. The highest BCUT2D eigenvalue weighted by molar-refractivity contribution is 7.79. The second-order valence-electron chi connectivity index (χ2n) is 1.82. The largest absolute Gasteiger partial charge is 0.369 e. The van der Waals surface area contributed by atoms with Crippen molar-refractivity contribution in [3.05, 3.63) is 11.9 Å². The molecule has 1 heterocycles. The Balaban J connectivity index is 3.04. The lowest BCUT2D eigenvalue weighted by atomic mass is 10.5. The summed E-state index contributed by atoms with van der Waals surface area (Å²) in [5, 5.41) is 0. The summed E-state index contributed by atoms with van der Waals surface area (Å²) in [5.74, 6) is 1.22. The number of aromatic nitrogens is 2. The lowest BCUT2D eigenvalue weighted by Crippen LogP contribution is -1.99. The zero-order chi connectivity index (χ0) is 6.85. The van der Waals surface area contributed by atoms with E-state index in [9.17, 15) is 0 Å². The number of hydrogen-bond donors (Lipinski definition) is 2. The van der Waals surface area contributed by atoms with E-state index < -0.39 is 0 Å². The van der Waals surface area contributed by atoms with E-state index in [0.717, 1.165) is 5.69 Å². The Morgan fingerprint density at radius 1 is 1.89 bits per heavy atom. The average molecular weight is 143 g/mol. The Hall–Kier alpha value is -0.640. The van der Waals surface area contributed by atoms with E-state index in [4.69, 9.17) is 5.73 Å². The maximum atomic E-state index is 5.43. The zero-order valence-electron chi connectivity index (χ0n) is 5.20. The summed E-state index contributed by atoms with van der Waals surface area (Å²) in [4.78, 5) is 3.88. The van der Waals surface area contributed by atoms with Crippen molar-refractivity contribution >= 4 is 18.6 Å². The van der Waals surface area contributed by atoms with Gasteiger partial charge in [-0.15, -0.1) is 0 Å². The fourth-order valence-electron chi connectivity index (χ4n) is 0.608. The quantitative estimate of drug-likeness (QED) is 0.560. The maximum Gasteiger partial charge on any atom is 0.200 e. The maximum absolute atomic E-state index is 5.43. The van der Waals surface area contributed by atoms with Crippen molar-refractivity contribution in [1.29, 1.82) is 0 Å². The predicted molar refractivity (Wildman–Crippen MR) is 40.3 cm³/mol. The van der Waals surface area contributed by atoms with Crippen LogP contribution >= 0.6 is 12.6 Å². The van der Waals surface area contributed by atoms with Crippen molar-refractivity contribution < 1.29 is 0 Å². The molecule has 1 aromatic rings. The number of nitrogens with two attached hydrogens (primary N) is 1. The van der Waals surface area contributed by atoms with Crippen molar-refractivity contribution in [3.8, 4) is 0 Å². The van der Waals surface area contributed by atoms with E-state index in [2.05, 4.69) is 17.6 Å². The van der Waals surface area contributed by atoms with Crippen LogP contribution in [0.15, 0.2) is 6.20 Å². The molecule has 3 nitrogen and oxygen atoms in total. The van der Waals surface area contributed by atoms with Gasteiger partial charge in [0.1, 0.15) is 0 Å². The molecule has 0 atom stereocenters. The summed E-state index contributed by atoms with van der Waals surface area (Å²) >= 11 is 4.08. The number of nitrogens with zero attached hydrogens (tertiary/aromatic N) is 2. The van der Waals surface area contributed by atoms with Crippen LogP contribution in [0, 0.1) is 0 Å². The molecular weight excluding hydrogens is 134 g/mol. The van der Waals surface area contributed by atoms with Crippen LogP contribution in [0.4, 0.5) is 5.95 Å². The van der Waals surface area contributed by atoms with Crippen LogP contribution in [0.1, 0.15) is 5.69 Å². The van der Waals surface area contributed by atoms with Gasteiger partial charge in [0.2, 0.25) is 0 Å². The number of thiol groups is 1. The second-order valence-corrected chi connectivity index (χ2v) is 2.14. The summed E-state index contributed by atoms with van der Waals surface area (Å²) in [6, 6.07) is 0. The lowest BCUT2D eigenvalue weighted by molar-refractivity contribution is 0.883. The van der Waals surface area contributed by atoms with Gasteiger partial charge in [-0.2, -0.15) is 12.6 Å². The van der Waals surface area contributed by atoms with Gasteiger partial charge < -0.3 is 10.3 Å². The standard InChI is InChI=1S/C5H9N3S/c1-8-4(3-9)2-7-5(8)6/h2,9H,3H2,1H3,(H2,6,7). The normalized spacial score (nSPS) is 10.0. The monoisotopic (exact) mass is 143 g/mol. The van der Waals surface area contributed by atoms with Crippen molar-refractivity contribution in [2.24, 2.45) is 7.05 Å².